The van der Waals surface area contributed by atoms with Crippen LogP contribution >= 0.6 is 0 Å². The van der Waals surface area contributed by atoms with Gasteiger partial charge in [-0.3, -0.25) is 14.7 Å². The van der Waals surface area contributed by atoms with Crippen molar-refractivity contribution in [1.29, 1.82) is 0 Å². The first kappa shape index (κ1) is 10.7. The summed E-state index contributed by atoms with van der Waals surface area (Å²) in [7, 11) is 0. The molecule has 0 bridgehead atoms. The van der Waals surface area contributed by atoms with Gasteiger partial charge in [0.1, 0.15) is 5.69 Å². The van der Waals surface area contributed by atoms with Crippen LogP contribution in [0, 0.1) is 11.8 Å². The summed E-state index contributed by atoms with van der Waals surface area (Å²) in [5.74, 6) is -1.50. The Bertz CT molecular complexity index is 401. The largest absolute Gasteiger partial charge is 0.481 e. The summed E-state index contributed by atoms with van der Waals surface area (Å²) in [5.41, 5.74) is 0.401. The molecule has 0 radical (unpaired) electrons. The van der Waals surface area contributed by atoms with Gasteiger partial charge in [0.25, 0.3) is 5.91 Å². The van der Waals surface area contributed by atoms with Crippen molar-refractivity contribution in [3.05, 3.63) is 18.0 Å². The molecule has 2 heterocycles. The number of carboxylic acids is 1. The van der Waals surface area contributed by atoms with Gasteiger partial charge in [-0.05, 0) is 12.0 Å². The lowest BCUT2D eigenvalue weighted by Crippen LogP contribution is -2.30. The number of nitrogens with one attached hydrogen (secondary N) is 1. The van der Waals surface area contributed by atoms with Crippen LogP contribution in [0.4, 0.5) is 0 Å². The molecule has 1 aromatic heterocycles. The van der Waals surface area contributed by atoms with E-state index in [1.54, 1.807) is 11.0 Å². The highest BCUT2D eigenvalue weighted by Gasteiger charge is 2.37. The predicted octanol–water partition coefficient (Wildman–Crippen LogP) is 0.202. The Balaban J connectivity index is 2.09. The van der Waals surface area contributed by atoms with E-state index in [4.69, 9.17) is 5.11 Å². The van der Waals surface area contributed by atoms with E-state index < -0.39 is 11.9 Å². The van der Waals surface area contributed by atoms with Crippen LogP contribution in [0.15, 0.2) is 12.3 Å². The number of carbonyl (C=O) groups is 2. The average Bonchev–Trinajstić information content (AvgIpc) is 2.84. The number of carbonyl (C=O) groups excluding carboxylic acids is 1. The Morgan fingerprint density at radius 2 is 2.31 bits per heavy atom. The lowest BCUT2D eigenvalue weighted by molar-refractivity contribution is -0.142. The third-order valence-corrected chi connectivity index (χ3v) is 2.95. The van der Waals surface area contributed by atoms with E-state index >= 15 is 0 Å². The minimum atomic E-state index is -0.840. The second kappa shape index (κ2) is 3.96. The van der Waals surface area contributed by atoms with Crippen LogP contribution in [0.2, 0.25) is 0 Å². The number of hydrogen-bond acceptors (Lipinski definition) is 3. The van der Waals surface area contributed by atoms with Gasteiger partial charge in [-0.2, -0.15) is 5.10 Å². The fraction of sp³-hybridized carbons (Fsp3) is 0.500. The molecule has 1 amide bonds. The molecule has 1 fully saturated rings. The standard InChI is InChI=1S/C10H13N3O3/c1-6-4-13(5-7(6)10(15)16)9(14)8-2-3-11-12-8/h2-3,6-7H,4-5H2,1H3,(H,11,12)(H,15,16). The maximum atomic E-state index is 11.9. The van der Waals surface area contributed by atoms with Crippen LogP contribution in [0.3, 0.4) is 0 Å². The van der Waals surface area contributed by atoms with Crippen LogP contribution in [-0.2, 0) is 4.79 Å². The van der Waals surface area contributed by atoms with Crippen molar-refractivity contribution >= 4 is 11.9 Å². The number of amides is 1. The Morgan fingerprint density at radius 3 is 2.81 bits per heavy atom. The van der Waals surface area contributed by atoms with Crippen LogP contribution in [0.25, 0.3) is 0 Å². The number of likely N-dealkylation sites (tertiary alicyclic amines) is 1. The molecule has 86 valence electrons. The summed E-state index contributed by atoms with van der Waals surface area (Å²) in [6.45, 7) is 2.60. The maximum Gasteiger partial charge on any atom is 0.308 e. The Labute approximate surface area is 92.3 Å². The highest BCUT2D eigenvalue weighted by Crippen LogP contribution is 2.24. The topological polar surface area (TPSA) is 86.3 Å². The quantitative estimate of drug-likeness (QED) is 0.750. The Kier molecular flexibility index (Phi) is 2.64. The molecule has 1 aromatic rings. The normalized spacial score (nSPS) is 24.7. The van der Waals surface area contributed by atoms with Crippen molar-refractivity contribution < 1.29 is 14.7 Å². The minimum Gasteiger partial charge on any atom is -0.481 e. The van der Waals surface area contributed by atoms with Crippen molar-refractivity contribution in [2.24, 2.45) is 11.8 Å². The fourth-order valence-corrected chi connectivity index (χ4v) is 2.00. The summed E-state index contributed by atoms with van der Waals surface area (Å²) < 4.78 is 0. The van der Waals surface area contributed by atoms with Gasteiger partial charge >= 0.3 is 5.97 Å². The van der Waals surface area contributed by atoms with Crippen LogP contribution in [0.5, 0.6) is 0 Å². The molecular weight excluding hydrogens is 210 g/mol. The van der Waals surface area contributed by atoms with Gasteiger partial charge in [0.15, 0.2) is 0 Å². The monoisotopic (exact) mass is 223 g/mol. The predicted molar refractivity (Wildman–Crippen MR) is 54.8 cm³/mol. The zero-order chi connectivity index (χ0) is 11.7. The highest BCUT2D eigenvalue weighted by molar-refractivity contribution is 5.92. The number of carboxylic acid groups (broad SMARTS) is 1. The van der Waals surface area contributed by atoms with Crippen molar-refractivity contribution in [3.8, 4) is 0 Å². The summed E-state index contributed by atoms with van der Waals surface area (Å²) in [6, 6.07) is 1.58. The van der Waals surface area contributed by atoms with E-state index in [1.807, 2.05) is 6.92 Å². The van der Waals surface area contributed by atoms with E-state index in [0.717, 1.165) is 0 Å². The molecule has 1 saturated heterocycles. The van der Waals surface area contributed by atoms with Crippen molar-refractivity contribution in [2.75, 3.05) is 13.1 Å². The third kappa shape index (κ3) is 1.78. The molecule has 1 aliphatic heterocycles. The van der Waals surface area contributed by atoms with Gasteiger partial charge < -0.3 is 10.0 Å². The Morgan fingerprint density at radius 1 is 1.56 bits per heavy atom. The summed E-state index contributed by atoms with van der Waals surface area (Å²) in [4.78, 5) is 24.3. The Hall–Kier alpha value is -1.85. The van der Waals surface area contributed by atoms with Gasteiger partial charge in [-0.25, -0.2) is 0 Å². The van der Waals surface area contributed by atoms with Crippen molar-refractivity contribution in [3.63, 3.8) is 0 Å². The molecule has 0 saturated carbocycles. The van der Waals surface area contributed by atoms with E-state index in [9.17, 15) is 9.59 Å². The number of rotatable bonds is 2. The second-order valence-electron chi connectivity index (χ2n) is 4.10. The molecule has 2 N–H and O–H groups in total. The van der Waals surface area contributed by atoms with E-state index in [1.165, 1.54) is 6.20 Å². The molecule has 6 heteroatoms. The van der Waals surface area contributed by atoms with Crippen LogP contribution in [-0.4, -0.2) is 45.2 Å². The molecule has 6 nitrogen and oxygen atoms in total. The molecule has 2 atom stereocenters. The highest BCUT2D eigenvalue weighted by atomic mass is 16.4. The van der Waals surface area contributed by atoms with Gasteiger partial charge in [-0.15, -0.1) is 0 Å². The zero-order valence-electron chi connectivity index (χ0n) is 8.88. The number of hydrogen-bond donors (Lipinski definition) is 2. The van der Waals surface area contributed by atoms with Gasteiger partial charge in [0.05, 0.1) is 5.92 Å². The maximum absolute atomic E-state index is 11.9. The fourth-order valence-electron chi connectivity index (χ4n) is 2.00. The minimum absolute atomic E-state index is 0.00984. The first-order valence-corrected chi connectivity index (χ1v) is 5.11. The molecule has 2 rings (SSSR count). The van der Waals surface area contributed by atoms with Crippen LogP contribution < -0.4 is 0 Å². The molecule has 16 heavy (non-hydrogen) atoms. The third-order valence-electron chi connectivity index (χ3n) is 2.95. The molecule has 0 aliphatic carbocycles. The molecule has 1 aliphatic rings. The van der Waals surface area contributed by atoms with E-state index in [2.05, 4.69) is 10.2 Å². The molecule has 0 spiro atoms. The van der Waals surface area contributed by atoms with Gasteiger partial charge in [-0.1, -0.05) is 6.92 Å². The van der Waals surface area contributed by atoms with E-state index in [0.29, 0.717) is 12.2 Å². The number of aromatic nitrogens is 2. The number of aliphatic carboxylic acids is 1. The molecule has 2 unspecified atom stereocenters. The SMILES string of the molecule is CC1CN(C(=O)c2ccn[nH]2)CC1C(=O)O. The van der Waals surface area contributed by atoms with Crippen molar-refractivity contribution in [2.45, 2.75) is 6.92 Å². The number of aromatic amines is 1. The van der Waals surface area contributed by atoms with Gasteiger partial charge in [0.2, 0.25) is 0 Å². The molecular formula is C10H13N3O3. The summed E-state index contributed by atoms with van der Waals surface area (Å²) in [5, 5.41) is 15.2. The van der Waals surface area contributed by atoms with Crippen LogP contribution in [0.1, 0.15) is 17.4 Å². The average molecular weight is 223 g/mol. The zero-order valence-corrected chi connectivity index (χ0v) is 8.88. The lowest BCUT2D eigenvalue weighted by atomic mass is 9.99. The first-order valence-electron chi connectivity index (χ1n) is 5.11. The van der Waals surface area contributed by atoms with E-state index in [-0.39, 0.29) is 18.4 Å². The lowest BCUT2D eigenvalue weighted by Gasteiger charge is -2.14. The number of nitrogens with zero attached hydrogens (tertiary/aromatic N) is 2. The molecule has 0 aromatic carbocycles. The summed E-state index contributed by atoms with van der Waals surface area (Å²) >= 11 is 0. The van der Waals surface area contributed by atoms with Crippen molar-refractivity contribution in [1.82, 2.24) is 15.1 Å². The smallest absolute Gasteiger partial charge is 0.308 e. The van der Waals surface area contributed by atoms with Gasteiger partial charge in [0, 0.05) is 19.3 Å². The summed E-state index contributed by atoms with van der Waals surface area (Å²) in [6.07, 6.45) is 1.50. The number of H-pyrrole nitrogens is 1. The first-order chi connectivity index (χ1) is 7.59. The second-order valence-corrected chi connectivity index (χ2v) is 4.10.